The van der Waals surface area contributed by atoms with Crippen molar-refractivity contribution < 1.29 is 8.78 Å². The number of nitrogens with two attached hydrogens (primary N) is 1. The van der Waals surface area contributed by atoms with E-state index in [9.17, 15) is 8.78 Å². The molecule has 1 aromatic rings. The van der Waals surface area contributed by atoms with Gasteiger partial charge >= 0.3 is 0 Å². The van der Waals surface area contributed by atoms with Gasteiger partial charge < -0.3 is 5.73 Å². The highest BCUT2D eigenvalue weighted by molar-refractivity contribution is 5.03. The summed E-state index contributed by atoms with van der Waals surface area (Å²) < 4.78 is 24.9. The number of hydrogen-bond donors (Lipinski definition) is 1. The Morgan fingerprint density at radius 3 is 2.75 bits per heavy atom. The van der Waals surface area contributed by atoms with Gasteiger partial charge in [0.15, 0.2) is 0 Å². The lowest BCUT2D eigenvalue weighted by molar-refractivity contribution is 0.121. The molecule has 3 nitrogen and oxygen atoms in total. The second-order valence-corrected chi connectivity index (χ2v) is 2.64. The first-order valence-electron chi connectivity index (χ1n) is 3.66. The highest BCUT2D eigenvalue weighted by Crippen LogP contribution is 2.06. The predicted octanol–water partition coefficient (Wildman–Crippen LogP) is 1.17. The second kappa shape index (κ2) is 3.62. The molecule has 2 N–H and O–H groups in total. The molecular formula is C7H11F2N3. The van der Waals surface area contributed by atoms with Gasteiger partial charge in [0, 0.05) is 12.2 Å². The first-order valence-corrected chi connectivity index (χ1v) is 3.66. The number of halogens is 2. The van der Waals surface area contributed by atoms with E-state index in [1.165, 1.54) is 10.9 Å². The molecule has 1 heterocycles. The molecule has 1 unspecified atom stereocenters. The SMILES string of the molecule is CC(N)c1ccn(CC(F)F)n1. The Balaban J connectivity index is 2.64. The summed E-state index contributed by atoms with van der Waals surface area (Å²) in [6.07, 6.45) is -0.865. The van der Waals surface area contributed by atoms with Gasteiger partial charge in [0.2, 0.25) is 0 Å². The van der Waals surface area contributed by atoms with Crippen molar-refractivity contribution in [1.29, 1.82) is 0 Å². The van der Waals surface area contributed by atoms with Gasteiger partial charge in [-0.05, 0) is 13.0 Å². The number of aromatic nitrogens is 2. The quantitative estimate of drug-likeness (QED) is 0.749. The van der Waals surface area contributed by atoms with Gasteiger partial charge in [0.05, 0.1) is 5.69 Å². The van der Waals surface area contributed by atoms with Crippen LogP contribution in [0.5, 0.6) is 0 Å². The summed E-state index contributed by atoms with van der Waals surface area (Å²) >= 11 is 0. The minimum atomic E-state index is -2.37. The van der Waals surface area contributed by atoms with E-state index < -0.39 is 6.43 Å². The minimum Gasteiger partial charge on any atom is -0.323 e. The summed E-state index contributed by atoms with van der Waals surface area (Å²) in [5.74, 6) is 0. The van der Waals surface area contributed by atoms with Crippen LogP contribution in [0, 0.1) is 0 Å². The normalized spacial score (nSPS) is 13.8. The van der Waals surface area contributed by atoms with Gasteiger partial charge in [-0.15, -0.1) is 0 Å². The van der Waals surface area contributed by atoms with Crippen molar-refractivity contribution in [2.45, 2.75) is 25.9 Å². The number of rotatable bonds is 3. The maximum absolute atomic E-state index is 11.8. The Morgan fingerprint density at radius 1 is 1.67 bits per heavy atom. The van der Waals surface area contributed by atoms with Gasteiger partial charge in [0.1, 0.15) is 6.54 Å². The fraction of sp³-hybridized carbons (Fsp3) is 0.571. The van der Waals surface area contributed by atoms with E-state index in [0.29, 0.717) is 5.69 Å². The Kier molecular flexibility index (Phi) is 2.75. The first kappa shape index (κ1) is 9.12. The molecule has 0 saturated carbocycles. The summed E-state index contributed by atoms with van der Waals surface area (Å²) in [6, 6.07) is 1.44. The molecule has 0 saturated heterocycles. The van der Waals surface area contributed by atoms with Crippen molar-refractivity contribution in [1.82, 2.24) is 9.78 Å². The minimum absolute atomic E-state index is 0.205. The molecular weight excluding hydrogens is 164 g/mol. The van der Waals surface area contributed by atoms with Crippen LogP contribution in [0.25, 0.3) is 0 Å². The van der Waals surface area contributed by atoms with E-state index in [2.05, 4.69) is 5.10 Å². The van der Waals surface area contributed by atoms with Crippen LogP contribution in [-0.4, -0.2) is 16.2 Å². The van der Waals surface area contributed by atoms with Crippen molar-refractivity contribution in [3.8, 4) is 0 Å². The predicted molar refractivity (Wildman–Crippen MR) is 40.8 cm³/mol. The first-order chi connectivity index (χ1) is 5.59. The second-order valence-electron chi connectivity index (χ2n) is 2.64. The zero-order chi connectivity index (χ0) is 9.14. The van der Waals surface area contributed by atoms with E-state index in [1.54, 1.807) is 13.0 Å². The molecule has 1 rings (SSSR count). The van der Waals surface area contributed by atoms with Crippen LogP contribution in [0.2, 0.25) is 0 Å². The molecule has 0 radical (unpaired) electrons. The molecule has 0 aliphatic carbocycles. The third-order valence-electron chi connectivity index (χ3n) is 1.45. The Bertz CT molecular complexity index is 245. The summed E-state index contributed by atoms with van der Waals surface area (Å²) in [5, 5.41) is 3.86. The molecule has 0 bridgehead atoms. The standard InChI is InChI=1S/C7H11F2N3/c1-5(10)6-2-3-12(11-6)4-7(8)9/h2-3,5,7H,4,10H2,1H3. The summed E-state index contributed by atoms with van der Waals surface area (Å²) in [4.78, 5) is 0. The average molecular weight is 175 g/mol. The molecule has 0 aliphatic rings. The van der Waals surface area contributed by atoms with Crippen molar-refractivity contribution in [3.05, 3.63) is 18.0 Å². The van der Waals surface area contributed by atoms with Crippen LogP contribution in [0.1, 0.15) is 18.7 Å². The highest BCUT2D eigenvalue weighted by atomic mass is 19.3. The third kappa shape index (κ3) is 2.27. The van der Waals surface area contributed by atoms with Crippen molar-refractivity contribution >= 4 is 0 Å². The Labute approximate surface area is 69.2 Å². The van der Waals surface area contributed by atoms with Crippen molar-refractivity contribution in [2.24, 2.45) is 5.73 Å². The van der Waals surface area contributed by atoms with Crippen molar-refractivity contribution in [2.75, 3.05) is 0 Å². The molecule has 0 spiro atoms. The lowest BCUT2D eigenvalue weighted by Gasteiger charge is -2.00. The average Bonchev–Trinajstić information content (AvgIpc) is 2.34. The van der Waals surface area contributed by atoms with Crippen molar-refractivity contribution in [3.63, 3.8) is 0 Å². The molecule has 0 fully saturated rings. The van der Waals surface area contributed by atoms with Gasteiger partial charge in [-0.2, -0.15) is 5.10 Å². The molecule has 68 valence electrons. The lowest BCUT2D eigenvalue weighted by Crippen LogP contribution is -2.10. The van der Waals surface area contributed by atoms with Gasteiger partial charge in [0.25, 0.3) is 6.43 Å². The summed E-state index contributed by atoms with van der Waals surface area (Å²) in [6.45, 7) is 1.39. The fourth-order valence-corrected chi connectivity index (χ4v) is 0.863. The van der Waals surface area contributed by atoms with E-state index in [1.807, 2.05) is 0 Å². The van der Waals surface area contributed by atoms with E-state index in [4.69, 9.17) is 5.73 Å². The van der Waals surface area contributed by atoms with E-state index in [-0.39, 0.29) is 12.6 Å². The van der Waals surface area contributed by atoms with E-state index in [0.717, 1.165) is 0 Å². The van der Waals surface area contributed by atoms with E-state index >= 15 is 0 Å². The molecule has 1 atom stereocenters. The highest BCUT2D eigenvalue weighted by Gasteiger charge is 2.07. The van der Waals surface area contributed by atoms with Gasteiger partial charge in [-0.25, -0.2) is 8.78 Å². The lowest BCUT2D eigenvalue weighted by atomic mass is 10.3. The van der Waals surface area contributed by atoms with Crippen LogP contribution in [0.4, 0.5) is 8.78 Å². The Morgan fingerprint density at radius 2 is 2.33 bits per heavy atom. The molecule has 0 amide bonds. The fourth-order valence-electron chi connectivity index (χ4n) is 0.863. The maximum atomic E-state index is 11.8. The zero-order valence-corrected chi connectivity index (χ0v) is 6.74. The molecule has 0 aromatic carbocycles. The zero-order valence-electron chi connectivity index (χ0n) is 6.74. The molecule has 0 aliphatic heterocycles. The van der Waals surface area contributed by atoms with Gasteiger partial charge in [-0.3, -0.25) is 4.68 Å². The molecule has 12 heavy (non-hydrogen) atoms. The van der Waals surface area contributed by atoms with Gasteiger partial charge in [-0.1, -0.05) is 0 Å². The molecule has 1 aromatic heterocycles. The summed E-state index contributed by atoms with van der Waals surface area (Å²) in [5.41, 5.74) is 6.13. The maximum Gasteiger partial charge on any atom is 0.257 e. The summed E-state index contributed by atoms with van der Waals surface area (Å²) in [7, 11) is 0. The largest absolute Gasteiger partial charge is 0.323 e. The Hall–Kier alpha value is -0.970. The number of alkyl halides is 2. The third-order valence-corrected chi connectivity index (χ3v) is 1.45. The number of nitrogens with zero attached hydrogens (tertiary/aromatic N) is 2. The topological polar surface area (TPSA) is 43.8 Å². The monoisotopic (exact) mass is 175 g/mol. The smallest absolute Gasteiger partial charge is 0.257 e. The van der Waals surface area contributed by atoms with Crippen LogP contribution < -0.4 is 5.73 Å². The van der Waals surface area contributed by atoms with Crippen LogP contribution in [0.15, 0.2) is 12.3 Å². The molecule has 5 heteroatoms. The number of hydrogen-bond acceptors (Lipinski definition) is 2. The van der Waals surface area contributed by atoms with Crippen LogP contribution >= 0.6 is 0 Å². The van der Waals surface area contributed by atoms with Crippen LogP contribution in [-0.2, 0) is 6.54 Å². The van der Waals surface area contributed by atoms with Crippen LogP contribution in [0.3, 0.4) is 0 Å².